The fourth-order valence-electron chi connectivity index (χ4n) is 3.53. The third-order valence-electron chi connectivity index (χ3n) is 5.68. The van der Waals surface area contributed by atoms with E-state index in [4.69, 9.17) is 4.74 Å². The molecule has 0 aromatic heterocycles. The van der Waals surface area contributed by atoms with Crippen molar-refractivity contribution in [2.75, 3.05) is 27.7 Å². The topological polar surface area (TPSA) is 125 Å². The molecule has 3 rings (SSSR count). The van der Waals surface area contributed by atoms with Crippen LogP contribution >= 0.6 is 0 Å². The van der Waals surface area contributed by atoms with Gasteiger partial charge in [-0.25, -0.2) is 18.0 Å². The summed E-state index contributed by atoms with van der Waals surface area (Å²) in [6, 6.07) is 10.5. The summed E-state index contributed by atoms with van der Waals surface area (Å²) in [5.41, 5.74) is 1.33. The normalized spacial score (nSPS) is 16.7. The van der Waals surface area contributed by atoms with Gasteiger partial charge in [0, 0.05) is 34.1 Å². The molecule has 0 bridgehead atoms. The van der Waals surface area contributed by atoms with E-state index in [9.17, 15) is 27.9 Å². The Morgan fingerprint density at radius 2 is 1.74 bits per heavy atom. The number of aryl methyl sites for hydroxylation is 1. The zero-order chi connectivity index (χ0) is 25.2. The monoisotopic (exact) mass is 489 g/mol. The lowest BCUT2D eigenvalue weighted by molar-refractivity contribution is -0.161. The SMILES string of the molecule is Cc1ccc(S(=O)(=O)N(C)C2CN(C(Cc3ccccc3OC(=O)N(C)C)C(=O)O)C2=O)cc1. The zero-order valence-electron chi connectivity index (χ0n) is 19.3. The summed E-state index contributed by atoms with van der Waals surface area (Å²) in [5, 5.41) is 9.80. The molecule has 0 spiro atoms. The van der Waals surface area contributed by atoms with Gasteiger partial charge in [-0.1, -0.05) is 35.9 Å². The number of carbonyl (C=O) groups is 3. The van der Waals surface area contributed by atoms with Gasteiger partial charge in [-0.05, 0) is 30.7 Å². The van der Waals surface area contributed by atoms with Crippen molar-refractivity contribution in [2.45, 2.75) is 30.3 Å². The van der Waals surface area contributed by atoms with Gasteiger partial charge in [0.15, 0.2) is 0 Å². The standard InChI is InChI=1S/C23H27N3O7S/c1-15-9-11-17(12-10-15)34(31,32)25(4)19-14-26(21(19)27)18(22(28)29)13-16-7-5-6-8-20(16)33-23(30)24(2)3/h5-12,18-19H,13-14H2,1-4H3,(H,28,29). The second-order valence-corrected chi connectivity index (χ2v) is 10.3. The second-order valence-electron chi connectivity index (χ2n) is 8.27. The minimum absolute atomic E-state index is 0.0540. The summed E-state index contributed by atoms with van der Waals surface area (Å²) in [6.45, 7) is 1.76. The Balaban J connectivity index is 1.76. The highest BCUT2D eigenvalue weighted by Crippen LogP contribution is 2.28. The molecule has 182 valence electrons. The first-order valence-electron chi connectivity index (χ1n) is 10.5. The summed E-state index contributed by atoms with van der Waals surface area (Å²) in [5.74, 6) is -1.66. The number of amides is 2. The molecule has 10 nitrogen and oxygen atoms in total. The lowest BCUT2D eigenvalue weighted by atomic mass is 9.98. The minimum Gasteiger partial charge on any atom is -0.480 e. The molecule has 0 radical (unpaired) electrons. The second kappa shape index (κ2) is 9.82. The summed E-state index contributed by atoms with van der Waals surface area (Å²) < 4.78 is 32.1. The molecule has 1 heterocycles. The van der Waals surface area contributed by atoms with Crippen molar-refractivity contribution in [1.82, 2.24) is 14.1 Å². The summed E-state index contributed by atoms with van der Waals surface area (Å²) in [6.07, 6.45) is -0.735. The van der Waals surface area contributed by atoms with E-state index in [1.807, 2.05) is 6.92 Å². The molecule has 2 aromatic carbocycles. The van der Waals surface area contributed by atoms with Gasteiger partial charge in [-0.15, -0.1) is 0 Å². The van der Waals surface area contributed by atoms with E-state index >= 15 is 0 Å². The first kappa shape index (κ1) is 25.2. The number of hydrogen-bond acceptors (Lipinski definition) is 6. The van der Waals surface area contributed by atoms with Crippen LogP contribution < -0.4 is 4.74 Å². The molecule has 1 aliphatic rings. The van der Waals surface area contributed by atoms with E-state index in [0.717, 1.165) is 14.8 Å². The molecule has 2 atom stereocenters. The van der Waals surface area contributed by atoms with Gasteiger partial charge in [-0.3, -0.25) is 4.79 Å². The number of carboxylic acid groups (broad SMARTS) is 1. The van der Waals surface area contributed by atoms with Gasteiger partial charge >= 0.3 is 12.1 Å². The fraction of sp³-hybridized carbons (Fsp3) is 0.348. The summed E-state index contributed by atoms with van der Waals surface area (Å²) >= 11 is 0. The van der Waals surface area contributed by atoms with Crippen LogP contribution in [0.4, 0.5) is 4.79 Å². The summed E-state index contributed by atoms with van der Waals surface area (Å²) in [4.78, 5) is 39.3. The van der Waals surface area contributed by atoms with Crippen molar-refractivity contribution in [3.05, 3.63) is 59.7 Å². The van der Waals surface area contributed by atoms with Gasteiger partial charge in [0.25, 0.3) is 0 Å². The number of ether oxygens (including phenoxy) is 1. The van der Waals surface area contributed by atoms with E-state index in [1.54, 1.807) is 30.3 Å². The van der Waals surface area contributed by atoms with Gasteiger partial charge in [-0.2, -0.15) is 4.31 Å². The summed E-state index contributed by atoms with van der Waals surface area (Å²) in [7, 11) is 0.415. The number of carboxylic acids is 1. The maximum absolute atomic E-state index is 12.9. The third kappa shape index (κ3) is 5.05. The van der Waals surface area contributed by atoms with Crippen LogP contribution in [0.2, 0.25) is 0 Å². The number of β-lactam (4-membered cyclic amide) rings is 1. The van der Waals surface area contributed by atoms with Crippen molar-refractivity contribution in [2.24, 2.45) is 0 Å². The van der Waals surface area contributed by atoms with Crippen molar-refractivity contribution in [3.63, 3.8) is 0 Å². The molecule has 1 N–H and O–H groups in total. The van der Waals surface area contributed by atoms with Crippen LogP contribution in [-0.2, 0) is 26.0 Å². The Labute approximate surface area is 198 Å². The van der Waals surface area contributed by atoms with Crippen LogP contribution in [0.5, 0.6) is 5.75 Å². The highest BCUT2D eigenvalue weighted by atomic mass is 32.2. The Morgan fingerprint density at radius 1 is 1.12 bits per heavy atom. The number of carbonyl (C=O) groups excluding carboxylic acids is 2. The average molecular weight is 490 g/mol. The van der Waals surface area contributed by atoms with Crippen LogP contribution in [0, 0.1) is 6.92 Å². The van der Waals surface area contributed by atoms with Crippen LogP contribution in [0.3, 0.4) is 0 Å². The largest absolute Gasteiger partial charge is 0.480 e. The minimum atomic E-state index is -3.93. The molecule has 34 heavy (non-hydrogen) atoms. The van der Waals surface area contributed by atoms with Crippen LogP contribution in [0.1, 0.15) is 11.1 Å². The quantitative estimate of drug-likeness (QED) is 0.558. The smallest absolute Gasteiger partial charge is 0.414 e. The predicted molar refractivity (Wildman–Crippen MR) is 123 cm³/mol. The number of likely N-dealkylation sites (N-methyl/N-ethyl adjacent to an activating group) is 1. The molecule has 1 fully saturated rings. The van der Waals surface area contributed by atoms with Gasteiger partial charge in [0.2, 0.25) is 15.9 Å². The first-order chi connectivity index (χ1) is 15.9. The Hall–Kier alpha value is -3.44. The van der Waals surface area contributed by atoms with Crippen molar-refractivity contribution in [3.8, 4) is 5.75 Å². The molecular weight excluding hydrogens is 462 g/mol. The zero-order valence-corrected chi connectivity index (χ0v) is 20.2. The number of nitrogens with zero attached hydrogens (tertiary/aromatic N) is 3. The van der Waals surface area contributed by atoms with Crippen molar-refractivity contribution >= 4 is 28.0 Å². The molecule has 11 heteroatoms. The van der Waals surface area contributed by atoms with E-state index < -0.39 is 40.1 Å². The van der Waals surface area contributed by atoms with E-state index in [-0.39, 0.29) is 23.6 Å². The van der Waals surface area contributed by atoms with Gasteiger partial charge in [0.1, 0.15) is 17.8 Å². The number of benzene rings is 2. The lowest BCUT2D eigenvalue weighted by Gasteiger charge is -2.45. The molecule has 1 saturated heterocycles. The number of aliphatic carboxylic acids is 1. The maximum atomic E-state index is 12.9. The Morgan fingerprint density at radius 3 is 2.29 bits per heavy atom. The molecular formula is C23H27N3O7S. The highest BCUT2D eigenvalue weighted by molar-refractivity contribution is 7.89. The molecule has 2 amide bonds. The van der Waals surface area contributed by atoms with E-state index in [2.05, 4.69) is 0 Å². The van der Waals surface area contributed by atoms with E-state index in [0.29, 0.717) is 5.56 Å². The number of likely N-dealkylation sites (tertiary alicyclic amines) is 1. The first-order valence-corrected chi connectivity index (χ1v) is 11.9. The predicted octanol–water partition coefficient (Wildman–Crippen LogP) is 1.58. The number of sulfonamides is 1. The molecule has 1 aliphatic heterocycles. The highest BCUT2D eigenvalue weighted by Gasteiger charge is 2.48. The third-order valence-corrected chi connectivity index (χ3v) is 7.56. The Bertz CT molecular complexity index is 1200. The van der Waals surface area contributed by atoms with Crippen molar-refractivity contribution < 1.29 is 32.6 Å². The molecule has 0 aliphatic carbocycles. The van der Waals surface area contributed by atoms with Crippen LogP contribution in [-0.4, -0.2) is 85.4 Å². The Kier molecular flexibility index (Phi) is 7.27. The average Bonchev–Trinajstić information content (AvgIpc) is 2.78. The van der Waals surface area contributed by atoms with Crippen LogP contribution in [0.15, 0.2) is 53.4 Å². The van der Waals surface area contributed by atoms with E-state index in [1.165, 1.54) is 44.2 Å². The molecule has 2 aromatic rings. The van der Waals surface area contributed by atoms with Crippen LogP contribution in [0.25, 0.3) is 0 Å². The number of rotatable bonds is 8. The lowest BCUT2D eigenvalue weighted by Crippen LogP contribution is -2.68. The maximum Gasteiger partial charge on any atom is 0.414 e. The molecule has 0 saturated carbocycles. The number of hydrogen-bond donors (Lipinski definition) is 1. The van der Waals surface area contributed by atoms with Crippen molar-refractivity contribution in [1.29, 1.82) is 0 Å². The van der Waals surface area contributed by atoms with Gasteiger partial charge in [0.05, 0.1) is 4.90 Å². The fourth-order valence-corrected chi connectivity index (χ4v) is 4.83. The number of para-hydroxylation sites is 1. The van der Waals surface area contributed by atoms with Gasteiger partial charge < -0.3 is 19.6 Å². The molecule has 2 unspecified atom stereocenters.